The summed E-state index contributed by atoms with van der Waals surface area (Å²) in [7, 11) is 3.62. The fourth-order valence-corrected chi connectivity index (χ4v) is 3.32. The zero-order valence-electron chi connectivity index (χ0n) is 14.5. The van der Waals surface area contributed by atoms with Gasteiger partial charge in [-0.2, -0.15) is 5.10 Å². The molecular formula is C18H24N4O2. The molecule has 1 saturated heterocycles. The third kappa shape index (κ3) is 3.43. The van der Waals surface area contributed by atoms with E-state index < -0.39 is 0 Å². The Kier molecular flexibility index (Phi) is 4.85. The van der Waals surface area contributed by atoms with Crippen LogP contribution in [0.15, 0.2) is 36.7 Å². The van der Waals surface area contributed by atoms with Crippen molar-refractivity contribution in [3.63, 3.8) is 0 Å². The first-order valence-corrected chi connectivity index (χ1v) is 8.18. The Labute approximate surface area is 142 Å². The number of carbonyl (C=O) groups is 1. The minimum Gasteiger partial charge on any atom is -0.496 e. The Morgan fingerprint density at radius 3 is 2.79 bits per heavy atom. The molecule has 0 aliphatic carbocycles. The van der Waals surface area contributed by atoms with Crippen molar-refractivity contribution in [1.29, 1.82) is 0 Å². The largest absolute Gasteiger partial charge is 0.496 e. The highest BCUT2D eigenvalue weighted by atomic mass is 16.5. The highest BCUT2D eigenvalue weighted by Crippen LogP contribution is 2.33. The molecular weight excluding hydrogens is 304 g/mol. The minimum atomic E-state index is 0.110. The Balaban J connectivity index is 1.89. The summed E-state index contributed by atoms with van der Waals surface area (Å²) in [5.41, 5.74) is 2.29. The lowest BCUT2D eigenvalue weighted by atomic mass is 10.0. The van der Waals surface area contributed by atoms with E-state index in [0.717, 1.165) is 30.9 Å². The Hall–Kier alpha value is -2.34. The molecule has 128 valence electrons. The fraction of sp³-hybridized carbons (Fsp3) is 0.444. The highest BCUT2D eigenvalue weighted by Gasteiger charge is 2.31. The molecule has 0 spiro atoms. The van der Waals surface area contributed by atoms with E-state index in [4.69, 9.17) is 4.74 Å². The maximum absolute atomic E-state index is 11.9. The van der Waals surface area contributed by atoms with Crippen LogP contribution in [0, 0.1) is 0 Å². The maximum atomic E-state index is 11.9. The quantitative estimate of drug-likeness (QED) is 0.859. The molecule has 0 saturated carbocycles. The monoisotopic (exact) mass is 328 g/mol. The molecule has 2 aromatic rings. The van der Waals surface area contributed by atoms with Gasteiger partial charge >= 0.3 is 0 Å². The lowest BCUT2D eigenvalue weighted by molar-refractivity contribution is -0.132. The Morgan fingerprint density at radius 2 is 2.12 bits per heavy atom. The second-order valence-electron chi connectivity index (χ2n) is 6.22. The van der Waals surface area contributed by atoms with Crippen molar-refractivity contribution in [3.8, 4) is 5.75 Å². The summed E-state index contributed by atoms with van der Waals surface area (Å²) in [5.74, 6) is 0.986. The van der Waals surface area contributed by atoms with E-state index in [1.165, 1.54) is 5.56 Å². The van der Waals surface area contributed by atoms with Crippen LogP contribution in [0.3, 0.4) is 0 Å². The maximum Gasteiger partial charge on any atom is 0.219 e. The molecule has 3 rings (SSSR count). The molecule has 24 heavy (non-hydrogen) atoms. The third-order valence-corrected chi connectivity index (χ3v) is 4.58. The van der Waals surface area contributed by atoms with Crippen molar-refractivity contribution in [2.75, 3.05) is 26.7 Å². The number of methoxy groups -OCH3 is 1. The van der Waals surface area contributed by atoms with E-state index in [0.29, 0.717) is 6.54 Å². The van der Waals surface area contributed by atoms with Crippen molar-refractivity contribution < 1.29 is 9.53 Å². The first-order chi connectivity index (χ1) is 11.6. The van der Waals surface area contributed by atoms with E-state index >= 15 is 0 Å². The molecule has 1 aromatic heterocycles. The van der Waals surface area contributed by atoms with Crippen molar-refractivity contribution in [2.45, 2.75) is 19.5 Å². The predicted octanol–water partition coefficient (Wildman–Crippen LogP) is 1.83. The standard InChI is InChI=1S/C18H24N4O2/c1-14(23)21-8-9-22(12-15-10-19-20(2)11-15)17(13-21)16-6-4-5-7-18(16)24-3/h4-7,10-11,17H,8-9,12-13H2,1-3H3/t17-/m1/s1. The number of aryl methyl sites for hydroxylation is 1. The summed E-state index contributed by atoms with van der Waals surface area (Å²) in [5, 5.41) is 4.26. The number of piperazine rings is 1. The van der Waals surface area contributed by atoms with Gasteiger partial charge in [0.25, 0.3) is 0 Å². The van der Waals surface area contributed by atoms with Crippen LogP contribution < -0.4 is 4.74 Å². The molecule has 2 heterocycles. The summed E-state index contributed by atoms with van der Waals surface area (Å²) in [6.07, 6.45) is 3.94. The normalized spacial score (nSPS) is 18.6. The van der Waals surface area contributed by atoms with E-state index in [-0.39, 0.29) is 11.9 Å². The molecule has 6 heteroatoms. The summed E-state index contributed by atoms with van der Waals surface area (Å²) >= 11 is 0. The second kappa shape index (κ2) is 7.05. The van der Waals surface area contributed by atoms with Gasteiger partial charge in [0.15, 0.2) is 0 Å². The van der Waals surface area contributed by atoms with Gasteiger partial charge in [-0.1, -0.05) is 18.2 Å². The summed E-state index contributed by atoms with van der Waals surface area (Å²) < 4.78 is 7.37. The molecule has 1 atom stereocenters. The van der Waals surface area contributed by atoms with Crippen LogP contribution in [0.2, 0.25) is 0 Å². The topological polar surface area (TPSA) is 50.6 Å². The number of amides is 1. The lowest BCUT2D eigenvalue weighted by Crippen LogP contribution is -2.49. The molecule has 0 unspecified atom stereocenters. The van der Waals surface area contributed by atoms with Crippen molar-refractivity contribution in [1.82, 2.24) is 19.6 Å². The number of rotatable bonds is 4. The average Bonchev–Trinajstić information content (AvgIpc) is 3.00. The van der Waals surface area contributed by atoms with Crippen LogP contribution in [0.4, 0.5) is 0 Å². The van der Waals surface area contributed by atoms with Crippen LogP contribution in [-0.4, -0.2) is 52.2 Å². The number of ether oxygens (including phenoxy) is 1. The van der Waals surface area contributed by atoms with E-state index in [1.807, 2.05) is 47.2 Å². The van der Waals surface area contributed by atoms with Gasteiger partial charge in [0, 0.05) is 57.5 Å². The predicted molar refractivity (Wildman–Crippen MR) is 91.6 cm³/mol. The van der Waals surface area contributed by atoms with Crippen LogP contribution in [0.5, 0.6) is 5.75 Å². The molecule has 0 N–H and O–H groups in total. The van der Waals surface area contributed by atoms with Gasteiger partial charge in [0.1, 0.15) is 5.75 Å². The molecule has 1 aliphatic rings. The van der Waals surface area contributed by atoms with Gasteiger partial charge in [-0.05, 0) is 6.07 Å². The molecule has 6 nitrogen and oxygen atoms in total. The Bertz CT molecular complexity index is 713. The molecule has 1 aliphatic heterocycles. The van der Waals surface area contributed by atoms with Gasteiger partial charge < -0.3 is 9.64 Å². The van der Waals surface area contributed by atoms with Crippen molar-refractivity contribution in [2.24, 2.45) is 7.05 Å². The fourth-order valence-electron chi connectivity index (χ4n) is 3.32. The number of hydrogen-bond donors (Lipinski definition) is 0. The van der Waals surface area contributed by atoms with Crippen LogP contribution in [0.1, 0.15) is 24.1 Å². The first kappa shape index (κ1) is 16.5. The second-order valence-corrected chi connectivity index (χ2v) is 6.22. The third-order valence-electron chi connectivity index (χ3n) is 4.58. The van der Waals surface area contributed by atoms with E-state index in [1.54, 1.807) is 14.0 Å². The van der Waals surface area contributed by atoms with E-state index in [9.17, 15) is 4.79 Å². The molecule has 0 bridgehead atoms. The molecule has 1 aromatic carbocycles. The summed E-state index contributed by atoms with van der Waals surface area (Å²) in [6, 6.07) is 8.17. The smallest absolute Gasteiger partial charge is 0.219 e. The van der Waals surface area contributed by atoms with Gasteiger partial charge in [0.2, 0.25) is 5.91 Å². The molecule has 0 radical (unpaired) electrons. The number of nitrogens with zero attached hydrogens (tertiary/aromatic N) is 4. The van der Waals surface area contributed by atoms with Gasteiger partial charge in [-0.3, -0.25) is 14.4 Å². The Morgan fingerprint density at radius 1 is 1.33 bits per heavy atom. The number of aromatic nitrogens is 2. The summed E-state index contributed by atoms with van der Waals surface area (Å²) in [4.78, 5) is 16.2. The van der Waals surface area contributed by atoms with E-state index in [2.05, 4.69) is 16.1 Å². The van der Waals surface area contributed by atoms with Crippen LogP contribution in [-0.2, 0) is 18.4 Å². The number of para-hydroxylation sites is 1. The number of benzene rings is 1. The van der Waals surface area contributed by atoms with Gasteiger partial charge in [0.05, 0.1) is 19.3 Å². The van der Waals surface area contributed by atoms with Crippen molar-refractivity contribution >= 4 is 5.91 Å². The van der Waals surface area contributed by atoms with Crippen molar-refractivity contribution in [3.05, 3.63) is 47.8 Å². The van der Waals surface area contributed by atoms with Gasteiger partial charge in [-0.15, -0.1) is 0 Å². The molecule has 1 fully saturated rings. The number of carbonyl (C=O) groups excluding carboxylic acids is 1. The van der Waals surface area contributed by atoms with Crippen LogP contribution >= 0.6 is 0 Å². The first-order valence-electron chi connectivity index (χ1n) is 8.18. The molecule has 1 amide bonds. The lowest BCUT2D eigenvalue weighted by Gasteiger charge is -2.41. The minimum absolute atomic E-state index is 0.110. The zero-order valence-corrected chi connectivity index (χ0v) is 14.5. The summed E-state index contributed by atoms with van der Waals surface area (Å²) in [6.45, 7) is 4.70. The van der Waals surface area contributed by atoms with Crippen LogP contribution in [0.25, 0.3) is 0 Å². The SMILES string of the molecule is COc1ccccc1[C@H]1CN(C(C)=O)CCN1Cc1cnn(C)c1. The van der Waals surface area contributed by atoms with Gasteiger partial charge in [-0.25, -0.2) is 0 Å². The zero-order chi connectivity index (χ0) is 17.1. The number of hydrogen-bond acceptors (Lipinski definition) is 4. The highest BCUT2D eigenvalue weighted by molar-refractivity contribution is 5.73. The average molecular weight is 328 g/mol.